The first kappa shape index (κ1) is 21.5. The number of benzene rings is 1. The number of aryl methyl sites for hydroxylation is 1. The van der Waals surface area contributed by atoms with Crippen LogP contribution in [0, 0.1) is 11.3 Å². The highest BCUT2D eigenvalue weighted by atomic mass is 32.2. The van der Waals surface area contributed by atoms with Crippen molar-refractivity contribution in [2.45, 2.75) is 49.2 Å². The number of carbonyl (C=O) groups is 1. The van der Waals surface area contributed by atoms with Crippen LogP contribution in [0.1, 0.15) is 31.4 Å². The number of nitrogens with zero attached hydrogens (tertiary/aromatic N) is 3. The minimum absolute atomic E-state index is 0.00948. The number of rotatable bonds is 8. The fraction of sp³-hybridized carbons (Fsp3) is 0.391. The van der Waals surface area contributed by atoms with Crippen LogP contribution in [0.3, 0.4) is 0 Å². The first-order valence-corrected chi connectivity index (χ1v) is 11.5. The molecule has 2 atom stereocenters. The van der Waals surface area contributed by atoms with Crippen molar-refractivity contribution in [3.63, 3.8) is 0 Å². The van der Waals surface area contributed by atoms with Gasteiger partial charge in [-0.2, -0.15) is 5.26 Å². The molecular formula is C23H27N5O2S. The van der Waals surface area contributed by atoms with Gasteiger partial charge in [-0.3, -0.25) is 4.79 Å². The molecule has 2 aromatic heterocycles. The zero-order valence-electron chi connectivity index (χ0n) is 17.3. The van der Waals surface area contributed by atoms with Crippen LogP contribution < -0.4 is 4.72 Å². The molecule has 0 bridgehead atoms. The Morgan fingerprint density at radius 1 is 1.32 bits per heavy atom. The normalized spacial score (nSPS) is 17.5. The minimum atomic E-state index is -0.430. The molecule has 31 heavy (non-hydrogen) atoms. The van der Waals surface area contributed by atoms with Crippen LogP contribution in [0.2, 0.25) is 0 Å². The van der Waals surface area contributed by atoms with Crippen molar-refractivity contribution in [1.82, 2.24) is 19.2 Å². The zero-order valence-corrected chi connectivity index (χ0v) is 18.1. The summed E-state index contributed by atoms with van der Waals surface area (Å²) in [5, 5.41) is 20.2. The summed E-state index contributed by atoms with van der Waals surface area (Å²) in [6.07, 6.45) is 7.15. The lowest BCUT2D eigenvalue weighted by Crippen LogP contribution is -2.52. The molecule has 0 saturated carbocycles. The van der Waals surface area contributed by atoms with Crippen molar-refractivity contribution >= 4 is 28.8 Å². The van der Waals surface area contributed by atoms with Gasteiger partial charge in [-0.15, -0.1) is 0 Å². The smallest absolute Gasteiger partial charge is 0.240 e. The third kappa shape index (κ3) is 4.79. The maximum Gasteiger partial charge on any atom is 0.240 e. The summed E-state index contributed by atoms with van der Waals surface area (Å²) in [6.45, 7) is 1.23. The summed E-state index contributed by atoms with van der Waals surface area (Å²) >= 11 is 1.46. The Morgan fingerprint density at radius 3 is 3.06 bits per heavy atom. The number of hydrogen-bond acceptors (Lipinski definition) is 5. The molecule has 4 rings (SSSR count). The second-order valence-electron chi connectivity index (χ2n) is 7.82. The van der Waals surface area contributed by atoms with E-state index >= 15 is 0 Å². The average molecular weight is 438 g/mol. The molecule has 3 heterocycles. The van der Waals surface area contributed by atoms with E-state index in [2.05, 4.69) is 15.8 Å². The van der Waals surface area contributed by atoms with Gasteiger partial charge in [0, 0.05) is 41.3 Å². The first-order chi connectivity index (χ1) is 15.2. The van der Waals surface area contributed by atoms with Gasteiger partial charge in [0.1, 0.15) is 11.8 Å². The lowest BCUT2D eigenvalue weighted by Gasteiger charge is -2.37. The number of aromatic amines is 1. The number of H-pyrrole nitrogens is 1. The van der Waals surface area contributed by atoms with Gasteiger partial charge in [-0.05, 0) is 68.0 Å². The topological polar surface area (TPSA) is 97.1 Å². The number of aliphatic hydroxyl groups excluding tert-OH is 1. The third-order valence-corrected chi connectivity index (χ3v) is 6.87. The first-order valence-electron chi connectivity index (χ1n) is 10.7. The Morgan fingerprint density at radius 2 is 2.23 bits per heavy atom. The summed E-state index contributed by atoms with van der Waals surface area (Å²) in [5.41, 5.74) is 1.64. The fourth-order valence-electron chi connectivity index (χ4n) is 4.17. The molecule has 1 aromatic carbocycles. The van der Waals surface area contributed by atoms with Crippen LogP contribution in [-0.2, 0) is 11.3 Å². The van der Waals surface area contributed by atoms with Crippen molar-refractivity contribution in [2.75, 3.05) is 13.2 Å². The number of carbonyl (C=O) groups excluding carboxylic acids is 1. The minimum Gasteiger partial charge on any atom is -0.394 e. The highest BCUT2D eigenvalue weighted by Gasteiger charge is 2.31. The van der Waals surface area contributed by atoms with Crippen molar-refractivity contribution < 1.29 is 9.90 Å². The number of amides is 1. The average Bonchev–Trinajstić information content (AvgIpc) is 3.48. The van der Waals surface area contributed by atoms with Crippen molar-refractivity contribution in [3.05, 3.63) is 54.5 Å². The molecule has 8 heteroatoms. The maximum atomic E-state index is 13.5. The SMILES string of the molecule is N#Cc1cccn1CCC(NSc1cccc2[nH]ccc12)C(=O)N1CCCCC1CO. The Bertz CT molecular complexity index is 1070. The second kappa shape index (κ2) is 10.1. The molecule has 1 fully saturated rings. The lowest BCUT2D eigenvalue weighted by atomic mass is 10.0. The van der Waals surface area contributed by atoms with Crippen LogP contribution in [0.5, 0.6) is 0 Å². The number of piperidine rings is 1. The highest BCUT2D eigenvalue weighted by molar-refractivity contribution is 7.97. The van der Waals surface area contributed by atoms with Crippen LogP contribution in [0.4, 0.5) is 0 Å². The molecular weight excluding hydrogens is 410 g/mol. The molecule has 1 aliphatic heterocycles. The van der Waals surface area contributed by atoms with Gasteiger partial charge in [-0.1, -0.05) is 6.07 Å². The second-order valence-corrected chi connectivity index (χ2v) is 8.70. The Kier molecular flexibility index (Phi) is 6.97. The number of nitrogens with one attached hydrogen (secondary N) is 2. The number of hydrogen-bond donors (Lipinski definition) is 3. The van der Waals surface area contributed by atoms with Crippen molar-refractivity contribution in [1.29, 1.82) is 5.26 Å². The number of fused-ring (bicyclic) bond motifs is 1. The van der Waals surface area contributed by atoms with Gasteiger partial charge in [-0.25, -0.2) is 4.72 Å². The van der Waals surface area contributed by atoms with E-state index < -0.39 is 6.04 Å². The highest BCUT2D eigenvalue weighted by Crippen LogP contribution is 2.27. The Labute approximate surface area is 186 Å². The summed E-state index contributed by atoms with van der Waals surface area (Å²) in [4.78, 5) is 19.6. The predicted molar refractivity (Wildman–Crippen MR) is 121 cm³/mol. The van der Waals surface area contributed by atoms with Gasteiger partial charge in [0.05, 0.1) is 18.7 Å². The number of nitriles is 1. The molecule has 7 nitrogen and oxygen atoms in total. The van der Waals surface area contributed by atoms with E-state index in [9.17, 15) is 15.2 Å². The van der Waals surface area contributed by atoms with E-state index in [1.165, 1.54) is 11.9 Å². The maximum absolute atomic E-state index is 13.5. The van der Waals surface area contributed by atoms with Gasteiger partial charge in [0.2, 0.25) is 5.91 Å². The van der Waals surface area contributed by atoms with Crippen LogP contribution >= 0.6 is 11.9 Å². The standard InChI is InChI=1S/C23H27N5O2S/c24-15-17-6-4-12-27(17)14-10-21(23(30)28-13-2-1-5-18(28)16-29)26-31-22-8-3-7-20-19(22)9-11-25-20/h3-4,6-9,11-12,18,21,25-26,29H,1-2,5,10,13-14,16H2. The van der Waals surface area contributed by atoms with Gasteiger partial charge in [0.25, 0.3) is 0 Å². The number of aliphatic hydroxyl groups is 1. The summed E-state index contributed by atoms with van der Waals surface area (Å²) in [7, 11) is 0. The third-order valence-electron chi connectivity index (χ3n) is 5.89. The zero-order chi connectivity index (χ0) is 21.6. The number of likely N-dealkylation sites (tertiary alicyclic amines) is 1. The molecule has 0 spiro atoms. The van der Waals surface area contributed by atoms with Crippen molar-refractivity contribution in [3.8, 4) is 6.07 Å². The molecule has 2 unspecified atom stereocenters. The molecule has 162 valence electrons. The van der Waals surface area contributed by atoms with Crippen LogP contribution in [0.15, 0.2) is 53.7 Å². The monoisotopic (exact) mass is 437 g/mol. The predicted octanol–water partition coefficient (Wildman–Crippen LogP) is 3.27. The molecule has 0 radical (unpaired) electrons. The molecule has 1 saturated heterocycles. The molecule has 1 amide bonds. The Balaban J connectivity index is 1.52. The van der Waals surface area contributed by atoms with E-state index in [1.807, 2.05) is 52.2 Å². The summed E-state index contributed by atoms with van der Waals surface area (Å²) < 4.78 is 5.27. The summed E-state index contributed by atoms with van der Waals surface area (Å²) in [5.74, 6) is 0.0122. The van der Waals surface area contributed by atoms with Crippen LogP contribution in [0.25, 0.3) is 10.9 Å². The van der Waals surface area contributed by atoms with Gasteiger partial charge < -0.3 is 19.6 Å². The van der Waals surface area contributed by atoms with Gasteiger partial charge >= 0.3 is 0 Å². The van der Waals surface area contributed by atoms with Gasteiger partial charge in [0.15, 0.2) is 0 Å². The Hall–Kier alpha value is -2.73. The van der Waals surface area contributed by atoms with E-state index in [-0.39, 0.29) is 18.6 Å². The van der Waals surface area contributed by atoms with E-state index in [0.717, 1.165) is 35.1 Å². The summed E-state index contributed by atoms with van der Waals surface area (Å²) in [6, 6.07) is 13.3. The fourth-order valence-corrected chi connectivity index (χ4v) is 5.09. The molecule has 0 aliphatic carbocycles. The van der Waals surface area contributed by atoms with E-state index in [4.69, 9.17) is 0 Å². The largest absolute Gasteiger partial charge is 0.394 e. The molecule has 3 N–H and O–H groups in total. The number of aromatic nitrogens is 2. The van der Waals surface area contributed by atoms with E-state index in [0.29, 0.717) is 25.2 Å². The molecule has 1 aliphatic rings. The van der Waals surface area contributed by atoms with E-state index in [1.54, 1.807) is 6.07 Å². The lowest BCUT2D eigenvalue weighted by molar-refractivity contribution is -0.137. The van der Waals surface area contributed by atoms with Crippen molar-refractivity contribution in [2.24, 2.45) is 0 Å². The quantitative estimate of drug-likeness (QED) is 0.470. The van der Waals surface area contributed by atoms with Crippen LogP contribution in [-0.4, -0.2) is 50.7 Å². The molecule has 3 aromatic rings.